The lowest BCUT2D eigenvalue weighted by Gasteiger charge is -2.02. The largest absolute Gasteiger partial charge is 0.496 e. The highest BCUT2D eigenvalue weighted by molar-refractivity contribution is 6.37. The number of Topliss-reactive ketones (excluding diaryl/α,β-unsaturated/α-hetero) is 1. The van der Waals surface area contributed by atoms with Crippen LogP contribution < -0.4 is 14.9 Å². The van der Waals surface area contributed by atoms with E-state index in [1.165, 1.54) is 12.4 Å². The monoisotopic (exact) mass is 405 g/mol. The minimum absolute atomic E-state index is 0.269. The standard InChI is InChI=1S/C23H23N3O4/c1-29-21-13-5-3-9-18(21)11-7-15-24-17-20(27)23(28)26-25-16-8-12-19-10-4-6-14-22(19)30-2/h3-16H,17H2,1-2H3,(H,26,28)/b11-7+,12-8+,24-15?,25-16+. The molecule has 0 saturated carbocycles. The summed E-state index contributed by atoms with van der Waals surface area (Å²) >= 11 is 0. The lowest BCUT2D eigenvalue weighted by molar-refractivity contribution is -0.137. The first-order valence-corrected chi connectivity index (χ1v) is 9.11. The second kappa shape index (κ2) is 12.5. The van der Waals surface area contributed by atoms with Crippen LogP contribution in [0.25, 0.3) is 12.2 Å². The van der Waals surface area contributed by atoms with Crippen LogP contribution in [-0.2, 0) is 9.59 Å². The highest BCUT2D eigenvalue weighted by Gasteiger charge is 2.10. The van der Waals surface area contributed by atoms with Gasteiger partial charge in [-0.25, -0.2) is 5.43 Å². The molecule has 1 N–H and O–H groups in total. The molecule has 0 radical (unpaired) electrons. The predicted molar refractivity (Wildman–Crippen MR) is 119 cm³/mol. The van der Waals surface area contributed by atoms with Crippen molar-refractivity contribution in [3.63, 3.8) is 0 Å². The molecule has 2 rings (SSSR count). The number of ketones is 1. The lowest BCUT2D eigenvalue weighted by atomic mass is 10.2. The number of aliphatic imine (C=N–C) groups is 1. The molecule has 1 amide bonds. The Balaban J connectivity index is 1.77. The quantitative estimate of drug-likeness (QED) is 0.374. The smallest absolute Gasteiger partial charge is 0.309 e. The number of carbonyl (C=O) groups is 2. The Bertz CT molecular complexity index is 898. The number of benzene rings is 2. The van der Waals surface area contributed by atoms with Gasteiger partial charge in [0.2, 0.25) is 5.78 Å². The number of para-hydroxylation sites is 2. The maximum atomic E-state index is 11.8. The molecule has 0 fully saturated rings. The second-order valence-electron chi connectivity index (χ2n) is 5.83. The zero-order chi connectivity index (χ0) is 21.6. The summed E-state index contributed by atoms with van der Waals surface area (Å²) in [6, 6.07) is 15.0. The van der Waals surface area contributed by atoms with Crippen LogP contribution in [0.15, 0.2) is 70.8 Å². The van der Waals surface area contributed by atoms with Gasteiger partial charge in [0.1, 0.15) is 18.0 Å². The number of nitrogens with zero attached hydrogens (tertiary/aromatic N) is 2. The van der Waals surface area contributed by atoms with Gasteiger partial charge < -0.3 is 9.47 Å². The molecule has 2 aromatic carbocycles. The summed E-state index contributed by atoms with van der Waals surface area (Å²) in [4.78, 5) is 27.4. The Morgan fingerprint density at radius 1 is 0.867 bits per heavy atom. The van der Waals surface area contributed by atoms with E-state index in [9.17, 15) is 9.59 Å². The van der Waals surface area contributed by atoms with E-state index >= 15 is 0 Å². The first-order valence-electron chi connectivity index (χ1n) is 9.11. The Hall–Kier alpha value is -4.00. The number of carbonyl (C=O) groups excluding carboxylic acids is 2. The second-order valence-corrected chi connectivity index (χ2v) is 5.83. The van der Waals surface area contributed by atoms with Gasteiger partial charge in [0.15, 0.2) is 0 Å². The van der Waals surface area contributed by atoms with Crippen LogP contribution in [0.3, 0.4) is 0 Å². The third-order valence-corrected chi connectivity index (χ3v) is 3.84. The number of hydrogen-bond donors (Lipinski definition) is 1. The summed E-state index contributed by atoms with van der Waals surface area (Å²) in [6.07, 6.45) is 9.70. The van der Waals surface area contributed by atoms with Gasteiger partial charge in [-0.1, -0.05) is 36.4 Å². The van der Waals surface area contributed by atoms with Crippen molar-refractivity contribution in [1.82, 2.24) is 5.43 Å². The lowest BCUT2D eigenvalue weighted by Crippen LogP contribution is -2.28. The fourth-order valence-electron chi connectivity index (χ4n) is 2.37. The number of allylic oxidation sites excluding steroid dienone is 2. The highest BCUT2D eigenvalue weighted by atomic mass is 16.5. The van der Waals surface area contributed by atoms with Crippen molar-refractivity contribution in [1.29, 1.82) is 0 Å². The van der Waals surface area contributed by atoms with Gasteiger partial charge in [0.05, 0.1) is 14.2 Å². The summed E-state index contributed by atoms with van der Waals surface area (Å²) < 4.78 is 10.5. The molecule has 0 spiro atoms. The minimum Gasteiger partial charge on any atom is -0.496 e. The predicted octanol–water partition coefficient (Wildman–Crippen LogP) is 3.17. The van der Waals surface area contributed by atoms with Gasteiger partial charge in [-0.05, 0) is 36.4 Å². The number of ether oxygens (including phenoxy) is 2. The number of amides is 1. The Labute approximate surface area is 175 Å². The van der Waals surface area contributed by atoms with E-state index < -0.39 is 11.7 Å². The zero-order valence-corrected chi connectivity index (χ0v) is 16.8. The van der Waals surface area contributed by atoms with Gasteiger partial charge in [-0.2, -0.15) is 5.10 Å². The Morgan fingerprint density at radius 3 is 1.97 bits per heavy atom. The average Bonchev–Trinajstić information content (AvgIpc) is 2.78. The van der Waals surface area contributed by atoms with Crippen LogP contribution in [0.5, 0.6) is 11.5 Å². The highest BCUT2D eigenvalue weighted by Crippen LogP contribution is 2.18. The summed E-state index contributed by atoms with van der Waals surface area (Å²) in [5.41, 5.74) is 3.91. The average molecular weight is 405 g/mol. The van der Waals surface area contributed by atoms with E-state index in [-0.39, 0.29) is 6.54 Å². The van der Waals surface area contributed by atoms with E-state index in [4.69, 9.17) is 9.47 Å². The third-order valence-electron chi connectivity index (χ3n) is 3.84. The molecule has 0 bridgehead atoms. The summed E-state index contributed by atoms with van der Waals surface area (Å²) in [6.45, 7) is -0.269. The molecule has 0 aromatic heterocycles. The first-order chi connectivity index (χ1) is 14.7. The number of methoxy groups -OCH3 is 2. The van der Waals surface area contributed by atoms with Gasteiger partial charge in [-0.15, -0.1) is 0 Å². The van der Waals surface area contributed by atoms with Crippen molar-refractivity contribution in [2.24, 2.45) is 10.1 Å². The van der Waals surface area contributed by atoms with E-state index in [1.807, 2.05) is 48.5 Å². The van der Waals surface area contributed by atoms with Crippen molar-refractivity contribution in [2.45, 2.75) is 0 Å². The molecule has 0 unspecified atom stereocenters. The van der Waals surface area contributed by atoms with Crippen molar-refractivity contribution in [3.05, 3.63) is 71.8 Å². The summed E-state index contributed by atoms with van der Waals surface area (Å²) in [5.74, 6) is -0.0696. The molecule has 0 aliphatic heterocycles. The molecule has 2 aromatic rings. The molecule has 0 heterocycles. The van der Waals surface area contributed by atoms with Gasteiger partial charge >= 0.3 is 5.91 Å². The van der Waals surface area contributed by atoms with E-state index in [1.54, 1.807) is 38.5 Å². The van der Waals surface area contributed by atoms with E-state index in [0.29, 0.717) is 0 Å². The molecule has 0 aliphatic rings. The fraction of sp³-hybridized carbons (Fsp3) is 0.130. The maximum Gasteiger partial charge on any atom is 0.309 e. The van der Waals surface area contributed by atoms with E-state index in [2.05, 4.69) is 15.5 Å². The third kappa shape index (κ3) is 7.20. The Morgan fingerprint density at radius 2 is 1.40 bits per heavy atom. The first kappa shape index (κ1) is 22.3. The summed E-state index contributed by atoms with van der Waals surface area (Å²) in [7, 11) is 3.18. The molecule has 7 nitrogen and oxygen atoms in total. The van der Waals surface area contributed by atoms with Gasteiger partial charge in [-0.3, -0.25) is 14.6 Å². The molecular formula is C23H23N3O4. The van der Waals surface area contributed by atoms with Gasteiger partial charge in [0, 0.05) is 23.6 Å². The SMILES string of the molecule is COc1ccccc1/C=C/C=NCC(=O)C(=O)N/N=C/C=C/c1ccccc1OC. The number of nitrogens with one attached hydrogen (secondary N) is 1. The van der Waals surface area contributed by atoms with Crippen molar-refractivity contribution < 1.29 is 19.1 Å². The Kier molecular flexibility index (Phi) is 9.26. The normalized spacial score (nSPS) is 11.5. The van der Waals surface area contributed by atoms with Crippen LogP contribution in [0, 0.1) is 0 Å². The molecule has 7 heteroatoms. The van der Waals surface area contributed by atoms with Crippen molar-refractivity contribution in [3.8, 4) is 11.5 Å². The van der Waals surface area contributed by atoms with Crippen molar-refractivity contribution in [2.75, 3.05) is 20.8 Å². The van der Waals surface area contributed by atoms with Crippen LogP contribution >= 0.6 is 0 Å². The van der Waals surface area contributed by atoms with Crippen LogP contribution in [-0.4, -0.2) is 44.9 Å². The summed E-state index contributed by atoms with van der Waals surface area (Å²) in [5, 5.41) is 3.71. The maximum absolute atomic E-state index is 11.8. The van der Waals surface area contributed by atoms with Crippen LogP contribution in [0.4, 0.5) is 0 Å². The molecule has 0 atom stereocenters. The molecule has 30 heavy (non-hydrogen) atoms. The minimum atomic E-state index is -0.831. The molecule has 0 saturated heterocycles. The van der Waals surface area contributed by atoms with Gasteiger partial charge in [0.25, 0.3) is 0 Å². The molecule has 154 valence electrons. The molecule has 0 aliphatic carbocycles. The van der Waals surface area contributed by atoms with E-state index in [0.717, 1.165) is 22.6 Å². The molecular weight excluding hydrogens is 382 g/mol. The zero-order valence-electron chi connectivity index (χ0n) is 16.8. The fourth-order valence-corrected chi connectivity index (χ4v) is 2.37. The number of hydrogen-bond acceptors (Lipinski definition) is 6. The van der Waals surface area contributed by atoms with Crippen LogP contribution in [0.1, 0.15) is 11.1 Å². The topological polar surface area (TPSA) is 89.3 Å². The van der Waals surface area contributed by atoms with Crippen LogP contribution in [0.2, 0.25) is 0 Å². The van der Waals surface area contributed by atoms with Crippen molar-refractivity contribution >= 4 is 36.3 Å². The number of rotatable bonds is 10. The number of hydrazone groups is 1.